The largest absolute Gasteiger partial charge is 0.457 e. The van der Waals surface area contributed by atoms with Crippen LogP contribution < -0.4 is 0 Å². The van der Waals surface area contributed by atoms with Crippen molar-refractivity contribution in [1.29, 1.82) is 0 Å². The zero-order valence-electron chi connectivity index (χ0n) is 15.4. The lowest BCUT2D eigenvalue weighted by Crippen LogP contribution is -2.37. The van der Waals surface area contributed by atoms with E-state index in [0.717, 1.165) is 0 Å². The van der Waals surface area contributed by atoms with Gasteiger partial charge in [0.05, 0.1) is 17.0 Å². The van der Waals surface area contributed by atoms with Crippen molar-refractivity contribution in [2.24, 2.45) is 0 Å². The molecule has 2 aromatic carbocycles. The lowest BCUT2D eigenvalue weighted by Gasteiger charge is -2.22. The summed E-state index contributed by atoms with van der Waals surface area (Å²) in [5, 5.41) is 10.7. The van der Waals surface area contributed by atoms with Gasteiger partial charge in [0.15, 0.2) is 0 Å². The van der Waals surface area contributed by atoms with E-state index in [0.29, 0.717) is 22.0 Å². The van der Waals surface area contributed by atoms with E-state index in [2.05, 4.69) is 22.6 Å². The summed E-state index contributed by atoms with van der Waals surface area (Å²) in [6, 6.07) is 14.5. The fraction of sp³-hybridized carbons (Fsp3) is 0.300. The average Bonchev–Trinajstić information content (AvgIpc) is 3.15. The van der Waals surface area contributed by atoms with Gasteiger partial charge in [0, 0.05) is 29.0 Å². The van der Waals surface area contributed by atoms with E-state index in [1.54, 1.807) is 41.3 Å². The molecule has 0 saturated carbocycles. The molecular formula is C20H19IN2O6. The van der Waals surface area contributed by atoms with E-state index in [1.807, 2.05) is 6.07 Å². The van der Waals surface area contributed by atoms with Crippen LogP contribution in [0.15, 0.2) is 54.6 Å². The molecule has 0 N–H and O–H groups in total. The molecule has 3 rings (SSSR count). The molecule has 1 amide bonds. The van der Waals surface area contributed by atoms with E-state index >= 15 is 0 Å². The van der Waals surface area contributed by atoms with Crippen LogP contribution in [-0.4, -0.2) is 45.0 Å². The number of rotatable bonds is 6. The number of carbonyl (C=O) groups excluding carboxylic acids is 2. The third kappa shape index (κ3) is 5.43. The summed E-state index contributed by atoms with van der Waals surface area (Å²) in [7, 11) is 0. The number of hydrogen-bond acceptors (Lipinski definition) is 6. The summed E-state index contributed by atoms with van der Waals surface area (Å²) in [6.07, 6.45) is -0.341. The third-order valence-electron chi connectivity index (χ3n) is 4.58. The SMILES string of the molecule is O=C(O[C@@H]1C[C@@H](CI)N(C(=O)OCc2ccc([N+](=O)[O-])cc2)C1)c1ccccc1. The summed E-state index contributed by atoms with van der Waals surface area (Å²) in [4.78, 5) is 36.5. The zero-order valence-corrected chi connectivity index (χ0v) is 17.6. The maximum atomic E-state index is 12.5. The third-order valence-corrected chi connectivity index (χ3v) is 5.60. The van der Waals surface area contributed by atoms with Gasteiger partial charge >= 0.3 is 12.1 Å². The van der Waals surface area contributed by atoms with Gasteiger partial charge in [-0.25, -0.2) is 9.59 Å². The maximum absolute atomic E-state index is 12.5. The summed E-state index contributed by atoms with van der Waals surface area (Å²) in [6.45, 7) is 0.279. The number of carbonyl (C=O) groups is 2. The number of likely N-dealkylation sites (tertiary alicyclic amines) is 1. The van der Waals surface area contributed by atoms with E-state index in [9.17, 15) is 19.7 Å². The van der Waals surface area contributed by atoms with Crippen LogP contribution in [0.25, 0.3) is 0 Å². The van der Waals surface area contributed by atoms with Crippen LogP contribution in [0.4, 0.5) is 10.5 Å². The number of nitro benzene ring substituents is 1. The number of nitro groups is 1. The first-order valence-corrected chi connectivity index (χ1v) is 10.5. The van der Waals surface area contributed by atoms with Gasteiger partial charge in [-0.3, -0.25) is 10.1 Å². The number of non-ortho nitro benzene ring substituents is 1. The molecule has 29 heavy (non-hydrogen) atoms. The van der Waals surface area contributed by atoms with Crippen LogP contribution in [0.2, 0.25) is 0 Å². The lowest BCUT2D eigenvalue weighted by atomic mass is 10.2. The molecule has 1 saturated heterocycles. The molecule has 0 aliphatic carbocycles. The minimum atomic E-state index is -0.497. The number of halogens is 1. The smallest absolute Gasteiger partial charge is 0.410 e. The van der Waals surface area contributed by atoms with Crippen molar-refractivity contribution in [3.63, 3.8) is 0 Å². The molecule has 0 unspecified atom stereocenters. The Bertz CT molecular complexity index is 874. The Morgan fingerprint density at radius 3 is 2.45 bits per heavy atom. The molecule has 1 heterocycles. The van der Waals surface area contributed by atoms with E-state index in [-0.39, 0.29) is 24.9 Å². The normalized spacial score (nSPS) is 18.3. The van der Waals surface area contributed by atoms with Crippen molar-refractivity contribution in [3.05, 3.63) is 75.8 Å². The molecule has 0 bridgehead atoms. The molecule has 1 aliphatic heterocycles. The van der Waals surface area contributed by atoms with Crippen LogP contribution in [0, 0.1) is 10.1 Å². The average molecular weight is 510 g/mol. The Hall–Kier alpha value is -2.69. The quantitative estimate of drug-likeness (QED) is 0.192. The molecule has 1 fully saturated rings. The van der Waals surface area contributed by atoms with Crippen molar-refractivity contribution in [2.45, 2.75) is 25.2 Å². The van der Waals surface area contributed by atoms with Gasteiger partial charge < -0.3 is 14.4 Å². The first-order valence-electron chi connectivity index (χ1n) is 8.96. The first-order chi connectivity index (χ1) is 14.0. The van der Waals surface area contributed by atoms with Gasteiger partial charge in [-0.2, -0.15) is 0 Å². The lowest BCUT2D eigenvalue weighted by molar-refractivity contribution is -0.384. The minimum absolute atomic E-state index is 0.00969. The van der Waals surface area contributed by atoms with Gasteiger partial charge in [-0.1, -0.05) is 40.8 Å². The van der Waals surface area contributed by atoms with E-state index < -0.39 is 23.1 Å². The summed E-state index contributed by atoms with van der Waals surface area (Å²) in [5.41, 5.74) is 1.10. The maximum Gasteiger partial charge on any atom is 0.410 e. The predicted octanol–water partition coefficient (Wildman–Crippen LogP) is 3.97. The molecule has 0 radical (unpaired) electrons. The Morgan fingerprint density at radius 1 is 1.14 bits per heavy atom. The van der Waals surface area contributed by atoms with Gasteiger partial charge in [-0.15, -0.1) is 0 Å². The minimum Gasteiger partial charge on any atom is -0.457 e. The number of amides is 1. The highest BCUT2D eigenvalue weighted by molar-refractivity contribution is 14.1. The monoisotopic (exact) mass is 510 g/mol. The summed E-state index contributed by atoms with van der Waals surface area (Å²) < 4.78 is 11.6. The van der Waals surface area contributed by atoms with Gasteiger partial charge in [-0.05, 0) is 29.8 Å². The van der Waals surface area contributed by atoms with Crippen molar-refractivity contribution in [2.75, 3.05) is 11.0 Å². The van der Waals surface area contributed by atoms with Crippen LogP contribution >= 0.6 is 22.6 Å². The highest BCUT2D eigenvalue weighted by Crippen LogP contribution is 2.24. The van der Waals surface area contributed by atoms with Crippen LogP contribution in [0.3, 0.4) is 0 Å². The molecular weight excluding hydrogens is 491 g/mol. The zero-order chi connectivity index (χ0) is 20.8. The molecule has 1 aliphatic rings. The first kappa shape index (κ1) is 21.0. The van der Waals surface area contributed by atoms with E-state index in [4.69, 9.17) is 9.47 Å². The second-order valence-corrected chi connectivity index (χ2v) is 7.45. The summed E-state index contributed by atoms with van der Waals surface area (Å²) in [5.74, 6) is -0.413. The fourth-order valence-electron chi connectivity index (χ4n) is 3.06. The van der Waals surface area contributed by atoms with E-state index in [1.165, 1.54) is 12.1 Å². The van der Waals surface area contributed by atoms with Crippen molar-refractivity contribution < 1.29 is 24.0 Å². The second-order valence-electron chi connectivity index (χ2n) is 6.57. The van der Waals surface area contributed by atoms with Gasteiger partial charge in [0.2, 0.25) is 0 Å². The summed E-state index contributed by atoms with van der Waals surface area (Å²) >= 11 is 2.19. The molecule has 8 nitrogen and oxygen atoms in total. The molecule has 0 aromatic heterocycles. The molecule has 152 valence electrons. The Kier molecular flexibility index (Phi) is 7.02. The Balaban J connectivity index is 1.55. The number of hydrogen-bond donors (Lipinski definition) is 0. The van der Waals surface area contributed by atoms with Gasteiger partial charge in [0.1, 0.15) is 12.7 Å². The number of benzene rings is 2. The molecule has 9 heteroatoms. The van der Waals surface area contributed by atoms with Gasteiger partial charge in [0.25, 0.3) is 5.69 Å². The molecule has 0 spiro atoms. The van der Waals surface area contributed by atoms with Crippen LogP contribution in [0.1, 0.15) is 22.3 Å². The second kappa shape index (κ2) is 9.68. The van der Waals surface area contributed by atoms with Crippen LogP contribution in [-0.2, 0) is 16.1 Å². The number of alkyl halides is 1. The number of esters is 1. The van der Waals surface area contributed by atoms with Crippen molar-refractivity contribution >= 4 is 40.3 Å². The highest BCUT2D eigenvalue weighted by Gasteiger charge is 2.37. The Labute approximate surface area is 181 Å². The highest BCUT2D eigenvalue weighted by atomic mass is 127. The number of ether oxygens (including phenoxy) is 2. The topological polar surface area (TPSA) is 99.0 Å². The van der Waals surface area contributed by atoms with Crippen molar-refractivity contribution in [1.82, 2.24) is 4.90 Å². The van der Waals surface area contributed by atoms with Crippen LogP contribution in [0.5, 0.6) is 0 Å². The molecule has 2 atom stereocenters. The fourth-order valence-corrected chi connectivity index (χ4v) is 3.90. The molecule has 2 aromatic rings. The Morgan fingerprint density at radius 2 is 1.83 bits per heavy atom. The predicted molar refractivity (Wildman–Crippen MR) is 113 cm³/mol. The van der Waals surface area contributed by atoms with Crippen molar-refractivity contribution in [3.8, 4) is 0 Å². The standard InChI is InChI=1S/C20H19IN2O6/c21-11-17-10-18(29-19(24)15-4-2-1-3-5-15)12-22(17)20(25)28-13-14-6-8-16(9-7-14)23(26)27/h1-9,17-18H,10-13H2/t17-,18+/m0/s1. The number of nitrogens with zero attached hydrogens (tertiary/aromatic N) is 2.